The Hall–Kier alpha value is -4.56. The summed E-state index contributed by atoms with van der Waals surface area (Å²) >= 11 is 0. The highest BCUT2D eigenvalue weighted by Gasteiger charge is 2.37. The molecule has 1 amide bonds. The van der Waals surface area contributed by atoms with Crippen molar-refractivity contribution in [1.82, 2.24) is 34.3 Å². The fourth-order valence-electron chi connectivity index (χ4n) is 4.55. The summed E-state index contributed by atoms with van der Waals surface area (Å²) in [5.74, 6) is -0.447. The molecule has 0 spiro atoms. The second kappa shape index (κ2) is 11.0. The standard InChI is InChI=1S/C28H28F2N8O3Si/c1-42(2,3)11-10-40-17-36-16-32-26(35-36)20-6-4-18(12-22(20)30)21-14-33-37-9-8-25(34-27(21)37)38-24(15-41-28(38)39)23-7-5-19(29)13-31-23/h4-9,12-14,16,24H,10-11,15,17H2,1-3H3/t24-/m1/s1. The van der Waals surface area contributed by atoms with E-state index in [-0.39, 0.29) is 24.7 Å². The zero-order valence-electron chi connectivity index (χ0n) is 23.2. The van der Waals surface area contributed by atoms with E-state index in [4.69, 9.17) is 9.47 Å². The molecular formula is C28H28F2N8O3Si. The topological polar surface area (TPSA) is 113 Å². The Morgan fingerprint density at radius 3 is 2.69 bits per heavy atom. The number of fused-ring (bicyclic) bond motifs is 1. The summed E-state index contributed by atoms with van der Waals surface area (Å²) in [4.78, 5) is 27.0. The summed E-state index contributed by atoms with van der Waals surface area (Å²) in [6.45, 7) is 7.78. The van der Waals surface area contributed by atoms with Crippen LogP contribution in [0, 0.1) is 11.6 Å². The maximum atomic E-state index is 15.4. The van der Waals surface area contributed by atoms with Crippen molar-refractivity contribution in [2.45, 2.75) is 38.5 Å². The van der Waals surface area contributed by atoms with Crippen LogP contribution in [0.4, 0.5) is 19.4 Å². The molecule has 0 radical (unpaired) electrons. The van der Waals surface area contributed by atoms with Crippen LogP contribution in [-0.4, -0.2) is 61.7 Å². The molecule has 42 heavy (non-hydrogen) atoms. The number of ether oxygens (including phenoxy) is 2. The monoisotopic (exact) mass is 590 g/mol. The highest BCUT2D eigenvalue weighted by Crippen LogP contribution is 2.33. The van der Waals surface area contributed by atoms with Crippen LogP contribution in [0.2, 0.25) is 25.7 Å². The number of carbonyl (C=O) groups is 1. The molecule has 0 N–H and O–H groups in total. The second-order valence-electron chi connectivity index (χ2n) is 11.1. The number of halogens is 2. The van der Waals surface area contributed by atoms with Crippen LogP contribution in [0.3, 0.4) is 0 Å². The van der Waals surface area contributed by atoms with E-state index < -0.39 is 31.8 Å². The molecule has 1 aliphatic rings. The summed E-state index contributed by atoms with van der Waals surface area (Å²) in [5.41, 5.74) is 2.21. The number of hydrogen-bond donors (Lipinski definition) is 0. The van der Waals surface area contributed by atoms with Crippen molar-refractivity contribution < 1.29 is 23.0 Å². The number of aromatic nitrogens is 7. The van der Waals surface area contributed by atoms with Gasteiger partial charge in [0.15, 0.2) is 11.5 Å². The molecule has 0 saturated carbocycles. The SMILES string of the molecule is C[Si](C)(C)CCOCn1cnc(-c2ccc(-c3cnn4ccc(N5C(=O)OC[C@@H]5c5ccc(F)cn5)nc34)cc2F)n1. The minimum Gasteiger partial charge on any atom is -0.446 e. The van der Waals surface area contributed by atoms with Gasteiger partial charge in [0.05, 0.1) is 23.7 Å². The third kappa shape index (κ3) is 5.62. The van der Waals surface area contributed by atoms with Gasteiger partial charge in [-0.05, 0) is 41.9 Å². The summed E-state index contributed by atoms with van der Waals surface area (Å²) < 4.78 is 42.8. The zero-order chi connectivity index (χ0) is 29.4. The van der Waals surface area contributed by atoms with E-state index in [2.05, 4.69) is 44.8 Å². The Morgan fingerprint density at radius 1 is 1.07 bits per heavy atom. The molecule has 5 aromatic rings. The van der Waals surface area contributed by atoms with Crippen molar-refractivity contribution in [1.29, 1.82) is 0 Å². The molecule has 14 heteroatoms. The Balaban J connectivity index is 1.24. The van der Waals surface area contributed by atoms with Crippen molar-refractivity contribution in [3.05, 3.63) is 78.6 Å². The van der Waals surface area contributed by atoms with E-state index in [0.29, 0.717) is 34.9 Å². The minimum atomic E-state index is -1.20. The third-order valence-electron chi connectivity index (χ3n) is 6.84. The molecule has 0 aliphatic carbocycles. The number of anilines is 1. The van der Waals surface area contributed by atoms with Gasteiger partial charge in [0, 0.05) is 26.4 Å². The number of benzene rings is 1. The largest absolute Gasteiger partial charge is 0.446 e. The number of carbonyl (C=O) groups excluding carboxylic acids is 1. The molecule has 0 unspecified atom stereocenters. The maximum absolute atomic E-state index is 15.4. The van der Waals surface area contributed by atoms with Crippen LogP contribution in [0.15, 0.2) is 61.3 Å². The van der Waals surface area contributed by atoms with Crippen molar-refractivity contribution in [3.8, 4) is 22.5 Å². The van der Waals surface area contributed by atoms with Gasteiger partial charge in [-0.3, -0.25) is 4.98 Å². The smallest absolute Gasteiger partial charge is 0.416 e. The molecule has 1 saturated heterocycles. The van der Waals surface area contributed by atoms with Gasteiger partial charge in [0.1, 0.15) is 43.2 Å². The van der Waals surface area contributed by atoms with Crippen LogP contribution >= 0.6 is 0 Å². The molecule has 1 fully saturated rings. The number of cyclic esters (lactones) is 1. The Kier molecular flexibility index (Phi) is 7.24. The molecule has 4 aromatic heterocycles. The summed E-state index contributed by atoms with van der Waals surface area (Å²) in [6, 6.07) is 9.57. The lowest BCUT2D eigenvalue weighted by Crippen LogP contribution is -2.28. The lowest BCUT2D eigenvalue weighted by atomic mass is 10.1. The minimum absolute atomic E-state index is 0.0392. The molecule has 6 rings (SSSR count). The number of nitrogens with zero attached hydrogens (tertiary/aromatic N) is 8. The fraction of sp³-hybridized carbons (Fsp3) is 0.286. The lowest BCUT2D eigenvalue weighted by molar-refractivity contribution is 0.0784. The first-order valence-corrected chi connectivity index (χ1v) is 17.1. The quantitative estimate of drug-likeness (QED) is 0.167. The molecule has 216 valence electrons. The van der Waals surface area contributed by atoms with Gasteiger partial charge >= 0.3 is 6.09 Å². The number of rotatable bonds is 9. The number of amides is 1. The molecular weight excluding hydrogens is 562 g/mol. The molecule has 1 aliphatic heterocycles. The Bertz CT molecular complexity index is 1750. The van der Waals surface area contributed by atoms with E-state index in [1.807, 2.05) is 0 Å². The van der Waals surface area contributed by atoms with Gasteiger partial charge in [-0.1, -0.05) is 25.7 Å². The van der Waals surface area contributed by atoms with E-state index in [1.165, 1.54) is 33.9 Å². The lowest BCUT2D eigenvalue weighted by Gasteiger charge is -2.20. The van der Waals surface area contributed by atoms with Crippen molar-refractivity contribution in [3.63, 3.8) is 0 Å². The maximum Gasteiger partial charge on any atom is 0.416 e. The molecule has 5 heterocycles. The van der Waals surface area contributed by atoms with Gasteiger partial charge in [-0.15, -0.1) is 5.10 Å². The average molecular weight is 591 g/mol. The van der Waals surface area contributed by atoms with Gasteiger partial charge in [-0.2, -0.15) is 5.10 Å². The van der Waals surface area contributed by atoms with Gasteiger partial charge in [-0.25, -0.2) is 37.6 Å². The van der Waals surface area contributed by atoms with Crippen LogP contribution in [0.1, 0.15) is 11.7 Å². The molecule has 11 nitrogen and oxygen atoms in total. The first kappa shape index (κ1) is 27.6. The molecule has 1 aromatic carbocycles. The Labute approximate surface area is 240 Å². The average Bonchev–Trinajstić information content (AvgIpc) is 3.69. The van der Waals surface area contributed by atoms with E-state index >= 15 is 4.39 Å². The predicted octanol–water partition coefficient (Wildman–Crippen LogP) is 5.34. The number of pyridine rings is 1. The molecule has 1 atom stereocenters. The van der Waals surface area contributed by atoms with Crippen LogP contribution < -0.4 is 4.90 Å². The van der Waals surface area contributed by atoms with Crippen molar-refractivity contribution >= 4 is 25.6 Å². The molecule has 0 bridgehead atoms. The van der Waals surface area contributed by atoms with Crippen molar-refractivity contribution in [2.24, 2.45) is 0 Å². The third-order valence-corrected chi connectivity index (χ3v) is 8.55. The number of hydrogen-bond acceptors (Lipinski definition) is 8. The van der Waals surface area contributed by atoms with E-state index in [1.54, 1.807) is 35.3 Å². The fourth-order valence-corrected chi connectivity index (χ4v) is 5.31. The van der Waals surface area contributed by atoms with Gasteiger partial charge in [0.2, 0.25) is 0 Å². The van der Waals surface area contributed by atoms with Gasteiger partial charge < -0.3 is 9.47 Å². The van der Waals surface area contributed by atoms with Crippen LogP contribution in [0.25, 0.3) is 28.2 Å². The second-order valence-corrected chi connectivity index (χ2v) is 16.7. The summed E-state index contributed by atoms with van der Waals surface area (Å²) in [7, 11) is -1.20. The Morgan fingerprint density at radius 2 is 1.93 bits per heavy atom. The normalized spacial score (nSPS) is 15.5. The first-order chi connectivity index (χ1) is 20.2. The van der Waals surface area contributed by atoms with E-state index in [9.17, 15) is 9.18 Å². The zero-order valence-corrected chi connectivity index (χ0v) is 24.2. The summed E-state index contributed by atoms with van der Waals surface area (Å²) in [6.07, 6.45) is 5.23. The highest BCUT2D eigenvalue weighted by atomic mass is 28.3. The highest BCUT2D eigenvalue weighted by molar-refractivity contribution is 6.76. The van der Waals surface area contributed by atoms with Crippen LogP contribution in [0.5, 0.6) is 0 Å². The van der Waals surface area contributed by atoms with Crippen LogP contribution in [-0.2, 0) is 16.2 Å². The summed E-state index contributed by atoms with van der Waals surface area (Å²) in [5, 5.41) is 8.70. The predicted molar refractivity (Wildman–Crippen MR) is 152 cm³/mol. The van der Waals surface area contributed by atoms with Gasteiger partial charge in [0.25, 0.3) is 0 Å². The van der Waals surface area contributed by atoms with Crippen molar-refractivity contribution in [2.75, 3.05) is 18.1 Å². The first-order valence-electron chi connectivity index (χ1n) is 13.4. The van der Waals surface area contributed by atoms with E-state index in [0.717, 1.165) is 12.2 Å².